The van der Waals surface area contributed by atoms with Gasteiger partial charge in [-0.2, -0.15) is 0 Å². The number of rotatable bonds is 1. The van der Waals surface area contributed by atoms with Crippen molar-refractivity contribution in [2.45, 2.75) is 19.4 Å². The van der Waals surface area contributed by atoms with Crippen molar-refractivity contribution in [1.29, 1.82) is 0 Å². The summed E-state index contributed by atoms with van der Waals surface area (Å²) in [5, 5.41) is 9.00. The third kappa shape index (κ3) is 2.35. The summed E-state index contributed by atoms with van der Waals surface area (Å²) in [5.41, 5.74) is 2.50. The molecule has 0 radical (unpaired) electrons. The highest BCUT2D eigenvalue weighted by Crippen LogP contribution is 2.22. The number of carboxylic acids is 1. The molecule has 1 unspecified atom stereocenters. The molecule has 0 aliphatic carbocycles. The maximum absolute atomic E-state index is 12.4. The van der Waals surface area contributed by atoms with Crippen LogP contribution in [0.3, 0.4) is 0 Å². The fourth-order valence-electron chi connectivity index (χ4n) is 2.99. The number of carbonyl (C=O) groups excluding carboxylic acids is 1. The molecule has 0 spiro atoms. The summed E-state index contributed by atoms with van der Waals surface area (Å²) in [5.74, 6) is -1.21. The first-order valence-electron chi connectivity index (χ1n) is 6.98. The zero-order chi connectivity index (χ0) is 14.1. The molecular formula is C15H18N2O3. The van der Waals surface area contributed by atoms with Gasteiger partial charge in [-0.25, -0.2) is 4.79 Å². The molecule has 1 N–H and O–H groups in total. The molecule has 5 heteroatoms. The van der Waals surface area contributed by atoms with E-state index in [1.54, 1.807) is 4.90 Å². The summed E-state index contributed by atoms with van der Waals surface area (Å²) in [6.45, 7) is 2.23. The third-order valence-corrected chi connectivity index (χ3v) is 4.21. The highest BCUT2D eigenvalue weighted by atomic mass is 16.4. The molecule has 20 heavy (non-hydrogen) atoms. The summed E-state index contributed by atoms with van der Waals surface area (Å²) in [7, 11) is 0. The largest absolute Gasteiger partial charge is 0.481 e. The monoisotopic (exact) mass is 274 g/mol. The molecule has 2 aliphatic rings. The number of carboxylic acid groups (broad SMARTS) is 1. The summed E-state index contributed by atoms with van der Waals surface area (Å²) >= 11 is 0. The lowest BCUT2D eigenvalue weighted by Gasteiger charge is -2.32. The van der Waals surface area contributed by atoms with Crippen LogP contribution >= 0.6 is 0 Å². The molecule has 2 heterocycles. The Bertz CT molecular complexity index is 544. The van der Waals surface area contributed by atoms with Crippen LogP contribution in [0, 0.1) is 5.92 Å². The van der Waals surface area contributed by atoms with Gasteiger partial charge in [-0.3, -0.25) is 4.79 Å². The average molecular weight is 274 g/mol. The topological polar surface area (TPSA) is 60.9 Å². The van der Waals surface area contributed by atoms with E-state index < -0.39 is 11.9 Å². The van der Waals surface area contributed by atoms with E-state index in [2.05, 4.69) is 12.1 Å². The smallest absolute Gasteiger partial charge is 0.320 e. The quantitative estimate of drug-likeness (QED) is 0.845. The van der Waals surface area contributed by atoms with E-state index >= 15 is 0 Å². The lowest BCUT2D eigenvalue weighted by atomic mass is 10.0. The number of fused-ring (bicyclic) bond motifs is 1. The fraction of sp³-hybridized carbons (Fsp3) is 0.467. The molecule has 5 nitrogen and oxygen atoms in total. The molecule has 1 atom stereocenters. The van der Waals surface area contributed by atoms with Crippen LogP contribution < -0.4 is 0 Å². The highest BCUT2D eigenvalue weighted by molar-refractivity contribution is 5.77. The van der Waals surface area contributed by atoms with Gasteiger partial charge in [0.2, 0.25) is 0 Å². The SMILES string of the molecule is O=C(O)C1CCN(C(=O)N2CCc3ccccc3C2)C1. The normalized spacial score (nSPS) is 21.7. The molecule has 0 saturated carbocycles. The van der Waals surface area contributed by atoms with E-state index in [-0.39, 0.29) is 6.03 Å². The Hall–Kier alpha value is -2.04. The molecule has 106 valence electrons. The fourth-order valence-corrected chi connectivity index (χ4v) is 2.99. The lowest BCUT2D eigenvalue weighted by Crippen LogP contribution is -2.44. The maximum atomic E-state index is 12.4. The number of urea groups is 1. The number of likely N-dealkylation sites (tertiary alicyclic amines) is 1. The Morgan fingerprint density at radius 3 is 2.55 bits per heavy atom. The Morgan fingerprint density at radius 1 is 1.10 bits per heavy atom. The van der Waals surface area contributed by atoms with E-state index in [4.69, 9.17) is 5.11 Å². The molecule has 1 aromatic carbocycles. The first-order chi connectivity index (χ1) is 9.65. The van der Waals surface area contributed by atoms with E-state index in [9.17, 15) is 9.59 Å². The van der Waals surface area contributed by atoms with Crippen molar-refractivity contribution in [3.05, 3.63) is 35.4 Å². The third-order valence-electron chi connectivity index (χ3n) is 4.21. The van der Waals surface area contributed by atoms with Crippen LogP contribution in [-0.2, 0) is 17.8 Å². The predicted molar refractivity (Wildman–Crippen MR) is 73.3 cm³/mol. The van der Waals surface area contributed by atoms with Gasteiger partial charge in [0, 0.05) is 26.2 Å². The molecule has 1 fully saturated rings. The predicted octanol–water partition coefficient (Wildman–Crippen LogP) is 1.57. The number of benzene rings is 1. The van der Waals surface area contributed by atoms with Gasteiger partial charge in [0.25, 0.3) is 0 Å². The van der Waals surface area contributed by atoms with Gasteiger partial charge in [0.1, 0.15) is 0 Å². The molecular weight excluding hydrogens is 256 g/mol. The zero-order valence-electron chi connectivity index (χ0n) is 11.3. The average Bonchev–Trinajstić information content (AvgIpc) is 2.96. The number of amides is 2. The summed E-state index contributed by atoms with van der Waals surface area (Å²) in [6.07, 6.45) is 1.43. The van der Waals surface area contributed by atoms with Crippen molar-refractivity contribution >= 4 is 12.0 Å². The van der Waals surface area contributed by atoms with Crippen molar-refractivity contribution in [2.24, 2.45) is 5.92 Å². The lowest BCUT2D eigenvalue weighted by molar-refractivity contribution is -0.141. The zero-order valence-corrected chi connectivity index (χ0v) is 11.3. The van der Waals surface area contributed by atoms with E-state index in [1.165, 1.54) is 11.1 Å². The second kappa shape index (κ2) is 5.15. The second-order valence-electron chi connectivity index (χ2n) is 5.49. The van der Waals surface area contributed by atoms with Gasteiger partial charge in [-0.15, -0.1) is 0 Å². The van der Waals surface area contributed by atoms with Crippen LogP contribution in [0.25, 0.3) is 0 Å². The van der Waals surface area contributed by atoms with Crippen molar-refractivity contribution in [3.8, 4) is 0 Å². The second-order valence-corrected chi connectivity index (χ2v) is 5.49. The first-order valence-corrected chi connectivity index (χ1v) is 6.98. The summed E-state index contributed by atoms with van der Waals surface area (Å²) in [4.78, 5) is 26.9. The van der Waals surface area contributed by atoms with Crippen molar-refractivity contribution in [2.75, 3.05) is 19.6 Å². The Morgan fingerprint density at radius 2 is 1.85 bits per heavy atom. The Labute approximate surface area is 117 Å². The minimum atomic E-state index is -0.802. The first kappa shape index (κ1) is 13.0. The number of aliphatic carboxylic acids is 1. The van der Waals surface area contributed by atoms with Gasteiger partial charge >= 0.3 is 12.0 Å². The van der Waals surface area contributed by atoms with Crippen LogP contribution in [0.1, 0.15) is 17.5 Å². The van der Waals surface area contributed by atoms with Gasteiger partial charge < -0.3 is 14.9 Å². The van der Waals surface area contributed by atoms with E-state index in [0.717, 1.165) is 6.42 Å². The molecule has 2 amide bonds. The molecule has 2 aliphatic heterocycles. The molecule has 1 aromatic rings. The number of hydrogen-bond acceptors (Lipinski definition) is 2. The van der Waals surface area contributed by atoms with E-state index in [1.807, 2.05) is 17.0 Å². The molecule has 1 saturated heterocycles. The van der Waals surface area contributed by atoms with Crippen molar-refractivity contribution in [1.82, 2.24) is 9.80 Å². The number of hydrogen-bond donors (Lipinski definition) is 1. The van der Waals surface area contributed by atoms with Crippen LogP contribution in [0.15, 0.2) is 24.3 Å². The summed E-state index contributed by atoms with van der Waals surface area (Å²) < 4.78 is 0. The molecule has 3 rings (SSSR count). The molecule has 0 bridgehead atoms. The van der Waals surface area contributed by atoms with Gasteiger partial charge in [-0.1, -0.05) is 24.3 Å². The molecule has 0 aromatic heterocycles. The number of nitrogens with zero attached hydrogens (tertiary/aromatic N) is 2. The van der Waals surface area contributed by atoms with Crippen LogP contribution in [-0.4, -0.2) is 46.5 Å². The highest BCUT2D eigenvalue weighted by Gasteiger charge is 2.33. The minimum Gasteiger partial charge on any atom is -0.481 e. The summed E-state index contributed by atoms with van der Waals surface area (Å²) in [6, 6.07) is 8.15. The standard InChI is InChI=1S/C15H18N2O3/c18-14(19)13-6-8-17(10-13)15(20)16-7-5-11-3-1-2-4-12(11)9-16/h1-4,13H,5-10H2,(H,18,19). The van der Waals surface area contributed by atoms with Gasteiger partial charge in [-0.05, 0) is 24.0 Å². The number of carbonyl (C=O) groups is 2. The van der Waals surface area contributed by atoms with Gasteiger partial charge in [0.15, 0.2) is 0 Å². The maximum Gasteiger partial charge on any atom is 0.320 e. The van der Waals surface area contributed by atoms with Crippen LogP contribution in [0.2, 0.25) is 0 Å². The van der Waals surface area contributed by atoms with Crippen LogP contribution in [0.5, 0.6) is 0 Å². The van der Waals surface area contributed by atoms with E-state index in [0.29, 0.717) is 32.6 Å². The minimum absolute atomic E-state index is 0.0248. The van der Waals surface area contributed by atoms with Crippen molar-refractivity contribution in [3.63, 3.8) is 0 Å². The van der Waals surface area contributed by atoms with Crippen LogP contribution in [0.4, 0.5) is 4.79 Å². The van der Waals surface area contributed by atoms with Crippen molar-refractivity contribution < 1.29 is 14.7 Å². The van der Waals surface area contributed by atoms with Gasteiger partial charge in [0.05, 0.1) is 5.92 Å². The Balaban J connectivity index is 1.66. The Kier molecular flexibility index (Phi) is 3.34.